The minimum atomic E-state index is -1.19. The molecule has 0 spiro atoms. The van der Waals surface area contributed by atoms with E-state index in [4.69, 9.17) is 49.4 Å². The monoisotopic (exact) mass is 403 g/mol. The molecule has 0 saturated carbocycles. The largest absolute Gasteiger partial charge is 0.493 e. The van der Waals surface area contributed by atoms with E-state index in [2.05, 4.69) is 5.32 Å². The molecule has 0 radical (unpaired) electrons. The summed E-state index contributed by atoms with van der Waals surface area (Å²) in [6.45, 7) is -0.362. The molecule has 0 unspecified atom stereocenters. The zero-order chi connectivity index (χ0) is 18.6. The van der Waals surface area contributed by atoms with Crippen molar-refractivity contribution in [3.8, 4) is 11.5 Å². The van der Waals surface area contributed by atoms with E-state index in [0.717, 1.165) is 0 Å². The van der Waals surface area contributed by atoms with Crippen molar-refractivity contribution in [1.82, 2.24) is 0 Å². The third kappa shape index (κ3) is 4.92. The Bertz CT molecular complexity index is 826. The second-order valence-corrected chi connectivity index (χ2v) is 6.01. The van der Waals surface area contributed by atoms with Crippen LogP contribution in [0.15, 0.2) is 30.3 Å². The van der Waals surface area contributed by atoms with Crippen LogP contribution in [0.2, 0.25) is 15.1 Å². The summed E-state index contributed by atoms with van der Waals surface area (Å²) in [7, 11) is 1.35. The van der Waals surface area contributed by atoms with Crippen molar-refractivity contribution in [1.29, 1.82) is 0 Å². The van der Waals surface area contributed by atoms with Gasteiger partial charge in [0.25, 0.3) is 5.91 Å². The summed E-state index contributed by atoms with van der Waals surface area (Å²) in [5, 5.41) is 12.3. The van der Waals surface area contributed by atoms with Crippen molar-refractivity contribution in [3.05, 3.63) is 51.0 Å². The maximum atomic E-state index is 12.1. The molecule has 0 bridgehead atoms. The van der Waals surface area contributed by atoms with Crippen LogP contribution in [0.25, 0.3) is 0 Å². The first-order valence-electron chi connectivity index (χ1n) is 6.80. The van der Waals surface area contributed by atoms with Crippen LogP contribution in [0.1, 0.15) is 10.4 Å². The highest BCUT2D eigenvalue weighted by molar-refractivity contribution is 6.35. The topological polar surface area (TPSA) is 84.9 Å². The zero-order valence-electron chi connectivity index (χ0n) is 12.8. The van der Waals surface area contributed by atoms with E-state index < -0.39 is 11.9 Å². The highest BCUT2D eigenvalue weighted by Crippen LogP contribution is 2.34. The molecule has 0 aliphatic carbocycles. The number of hydrogen-bond acceptors (Lipinski definition) is 4. The van der Waals surface area contributed by atoms with E-state index in [1.54, 1.807) is 6.07 Å². The molecule has 0 saturated heterocycles. The predicted octanol–water partition coefficient (Wildman–Crippen LogP) is 4.37. The quantitative estimate of drug-likeness (QED) is 0.747. The smallest absolute Gasteiger partial charge is 0.335 e. The van der Waals surface area contributed by atoms with Crippen LogP contribution >= 0.6 is 34.8 Å². The fourth-order valence-electron chi connectivity index (χ4n) is 1.94. The lowest BCUT2D eigenvalue weighted by Crippen LogP contribution is -2.21. The Morgan fingerprint density at radius 2 is 1.84 bits per heavy atom. The minimum Gasteiger partial charge on any atom is -0.493 e. The van der Waals surface area contributed by atoms with Gasteiger partial charge in [-0.05, 0) is 30.3 Å². The second-order valence-electron chi connectivity index (χ2n) is 4.76. The summed E-state index contributed by atoms with van der Waals surface area (Å²) in [6.07, 6.45) is 0. The number of carboxylic acid groups (broad SMARTS) is 1. The Morgan fingerprint density at radius 1 is 1.12 bits per heavy atom. The molecule has 0 fully saturated rings. The number of hydrogen-bond donors (Lipinski definition) is 2. The first-order chi connectivity index (χ1) is 11.8. The number of carbonyl (C=O) groups is 2. The van der Waals surface area contributed by atoms with Gasteiger partial charge >= 0.3 is 5.97 Å². The van der Waals surface area contributed by atoms with E-state index in [-0.39, 0.29) is 39.4 Å². The average molecular weight is 405 g/mol. The van der Waals surface area contributed by atoms with Crippen LogP contribution < -0.4 is 14.8 Å². The van der Waals surface area contributed by atoms with Gasteiger partial charge in [-0.1, -0.05) is 34.8 Å². The molecular formula is C16H12Cl3NO5. The maximum Gasteiger partial charge on any atom is 0.335 e. The highest BCUT2D eigenvalue weighted by atomic mass is 35.5. The molecule has 2 aromatic rings. The lowest BCUT2D eigenvalue weighted by Gasteiger charge is -2.13. The Balaban J connectivity index is 2.13. The first-order valence-corrected chi connectivity index (χ1v) is 7.93. The third-order valence-electron chi connectivity index (χ3n) is 3.02. The Hall–Kier alpha value is -2.15. The first kappa shape index (κ1) is 19.2. The van der Waals surface area contributed by atoms with Gasteiger partial charge in [0.2, 0.25) is 0 Å². The molecular weight excluding hydrogens is 393 g/mol. The van der Waals surface area contributed by atoms with Gasteiger partial charge in [0.05, 0.1) is 28.4 Å². The summed E-state index contributed by atoms with van der Waals surface area (Å²) in [5.74, 6) is -1.32. The van der Waals surface area contributed by atoms with Gasteiger partial charge in [0.1, 0.15) is 5.75 Å². The molecule has 25 heavy (non-hydrogen) atoms. The normalized spacial score (nSPS) is 10.2. The van der Waals surface area contributed by atoms with Crippen molar-refractivity contribution in [3.63, 3.8) is 0 Å². The lowest BCUT2D eigenvalue weighted by atomic mass is 10.2. The lowest BCUT2D eigenvalue weighted by molar-refractivity contribution is -0.118. The fraction of sp³-hybridized carbons (Fsp3) is 0.125. The fourth-order valence-corrected chi connectivity index (χ4v) is 2.70. The van der Waals surface area contributed by atoms with Crippen molar-refractivity contribution in [2.75, 3.05) is 19.0 Å². The van der Waals surface area contributed by atoms with E-state index in [9.17, 15) is 9.59 Å². The maximum absolute atomic E-state index is 12.1. The van der Waals surface area contributed by atoms with Gasteiger partial charge in [-0.15, -0.1) is 0 Å². The Labute approximate surface area is 158 Å². The molecule has 2 aromatic carbocycles. The van der Waals surface area contributed by atoms with Gasteiger partial charge in [0.15, 0.2) is 12.4 Å². The molecule has 9 heteroatoms. The van der Waals surface area contributed by atoms with Gasteiger partial charge in [0, 0.05) is 5.02 Å². The number of rotatable bonds is 6. The van der Waals surface area contributed by atoms with Gasteiger partial charge in [-0.3, -0.25) is 4.79 Å². The van der Waals surface area contributed by atoms with E-state index in [1.807, 2.05) is 0 Å². The molecule has 0 atom stereocenters. The van der Waals surface area contributed by atoms with Crippen molar-refractivity contribution in [2.45, 2.75) is 0 Å². The number of carbonyl (C=O) groups excluding carboxylic acids is 1. The molecule has 0 aliphatic heterocycles. The van der Waals surface area contributed by atoms with Crippen LogP contribution in [0.5, 0.6) is 11.5 Å². The number of methoxy groups -OCH3 is 1. The second kappa shape index (κ2) is 8.29. The van der Waals surface area contributed by atoms with Crippen molar-refractivity contribution < 1.29 is 24.2 Å². The number of carboxylic acids is 1. The molecule has 2 N–H and O–H groups in total. The minimum absolute atomic E-state index is 0.0550. The van der Waals surface area contributed by atoms with Crippen molar-refractivity contribution in [2.24, 2.45) is 0 Å². The van der Waals surface area contributed by atoms with Crippen LogP contribution in [-0.4, -0.2) is 30.7 Å². The summed E-state index contributed by atoms with van der Waals surface area (Å²) in [6, 6.07) is 7.04. The number of halogens is 3. The van der Waals surface area contributed by atoms with Gasteiger partial charge in [-0.25, -0.2) is 4.79 Å². The highest BCUT2D eigenvalue weighted by Gasteiger charge is 2.16. The predicted molar refractivity (Wildman–Crippen MR) is 95.6 cm³/mol. The van der Waals surface area contributed by atoms with E-state index in [0.29, 0.717) is 5.02 Å². The van der Waals surface area contributed by atoms with Crippen LogP contribution in [0.4, 0.5) is 5.69 Å². The number of aromatic carboxylic acids is 1. The molecule has 6 nitrogen and oxygen atoms in total. The summed E-state index contributed by atoms with van der Waals surface area (Å²) >= 11 is 17.7. The molecule has 0 aliphatic rings. The molecule has 0 aromatic heterocycles. The number of amides is 1. The SMILES string of the molecule is COc1c(Cl)cc(C(=O)O)cc1NC(=O)COc1ccc(Cl)cc1Cl. The summed E-state index contributed by atoms with van der Waals surface area (Å²) < 4.78 is 10.4. The number of ether oxygens (including phenoxy) is 2. The van der Waals surface area contributed by atoms with Gasteiger partial charge < -0.3 is 19.9 Å². The zero-order valence-corrected chi connectivity index (χ0v) is 15.1. The Kier molecular flexibility index (Phi) is 6.36. The average Bonchev–Trinajstić information content (AvgIpc) is 2.53. The number of benzene rings is 2. The van der Waals surface area contributed by atoms with E-state index in [1.165, 1.54) is 31.4 Å². The third-order valence-corrected chi connectivity index (χ3v) is 3.83. The van der Waals surface area contributed by atoms with Crippen LogP contribution in [0.3, 0.4) is 0 Å². The standard InChI is InChI=1S/C16H12Cl3NO5/c1-24-15-11(19)4-8(16(22)23)5-12(15)20-14(21)7-25-13-3-2-9(17)6-10(13)18/h2-6H,7H2,1H3,(H,20,21)(H,22,23). The van der Waals surface area contributed by atoms with E-state index >= 15 is 0 Å². The molecule has 0 heterocycles. The van der Waals surface area contributed by atoms with Crippen molar-refractivity contribution >= 4 is 52.4 Å². The molecule has 132 valence electrons. The molecule has 1 amide bonds. The number of nitrogens with one attached hydrogen (secondary N) is 1. The molecule has 2 rings (SSSR count). The summed E-state index contributed by atoms with van der Waals surface area (Å²) in [4.78, 5) is 23.2. The number of anilines is 1. The van der Waals surface area contributed by atoms with Crippen LogP contribution in [-0.2, 0) is 4.79 Å². The van der Waals surface area contributed by atoms with Gasteiger partial charge in [-0.2, -0.15) is 0 Å². The summed E-state index contributed by atoms with van der Waals surface area (Å²) in [5.41, 5.74) is 0.0194. The van der Waals surface area contributed by atoms with Crippen LogP contribution in [0, 0.1) is 0 Å². The Morgan fingerprint density at radius 3 is 2.44 bits per heavy atom.